The smallest absolute Gasteiger partial charge is 0.270 e. The second-order valence-corrected chi connectivity index (χ2v) is 7.42. The molecule has 0 unspecified atom stereocenters. The van der Waals surface area contributed by atoms with Gasteiger partial charge in [0, 0.05) is 39.0 Å². The van der Waals surface area contributed by atoms with Gasteiger partial charge in [-0.1, -0.05) is 30.3 Å². The van der Waals surface area contributed by atoms with Crippen LogP contribution in [0.4, 0.5) is 5.95 Å². The van der Waals surface area contributed by atoms with Gasteiger partial charge >= 0.3 is 0 Å². The van der Waals surface area contributed by atoms with Crippen molar-refractivity contribution in [1.82, 2.24) is 15.3 Å². The number of carbonyl (C=O) groups is 1. The first-order chi connectivity index (χ1) is 13.7. The van der Waals surface area contributed by atoms with E-state index in [1.54, 1.807) is 13.2 Å². The Labute approximate surface area is 167 Å². The van der Waals surface area contributed by atoms with Crippen LogP contribution < -0.4 is 10.2 Å². The van der Waals surface area contributed by atoms with E-state index < -0.39 is 0 Å². The number of hydrogen-bond donors (Lipinski definition) is 1. The molecule has 1 aliphatic rings. The van der Waals surface area contributed by atoms with Crippen molar-refractivity contribution in [3.05, 3.63) is 53.3 Å². The summed E-state index contributed by atoms with van der Waals surface area (Å²) in [5, 5.41) is 2.90. The minimum absolute atomic E-state index is 0.151. The largest absolute Gasteiger partial charge is 0.385 e. The lowest BCUT2D eigenvalue weighted by molar-refractivity contribution is 0.0943. The Morgan fingerprint density at radius 1 is 1.21 bits per heavy atom. The lowest BCUT2D eigenvalue weighted by Gasteiger charge is -2.32. The average Bonchev–Trinajstić information content (AvgIpc) is 2.72. The second kappa shape index (κ2) is 10.2. The van der Waals surface area contributed by atoms with Gasteiger partial charge in [0.25, 0.3) is 5.91 Å². The van der Waals surface area contributed by atoms with Gasteiger partial charge in [-0.05, 0) is 50.2 Å². The fourth-order valence-corrected chi connectivity index (χ4v) is 3.60. The predicted octanol–water partition coefficient (Wildman–Crippen LogP) is 3.01. The Kier molecular flexibility index (Phi) is 7.37. The zero-order chi connectivity index (χ0) is 19.8. The maximum absolute atomic E-state index is 12.4. The summed E-state index contributed by atoms with van der Waals surface area (Å²) in [4.78, 5) is 23.7. The summed E-state index contributed by atoms with van der Waals surface area (Å²) >= 11 is 0. The fourth-order valence-electron chi connectivity index (χ4n) is 3.60. The minimum Gasteiger partial charge on any atom is -0.385 e. The third-order valence-electron chi connectivity index (χ3n) is 5.15. The number of nitrogens with zero attached hydrogens (tertiary/aromatic N) is 3. The number of ether oxygens (including phenoxy) is 1. The molecular weight excluding hydrogens is 352 g/mol. The van der Waals surface area contributed by atoms with Crippen molar-refractivity contribution in [3.63, 3.8) is 0 Å². The summed E-state index contributed by atoms with van der Waals surface area (Å²) in [5.41, 5.74) is 2.66. The fraction of sp³-hybridized carbons (Fsp3) is 0.500. The summed E-state index contributed by atoms with van der Waals surface area (Å²) in [6.07, 6.45) is 4.14. The van der Waals surface area contributed by atoms with Crippen LogP contribution in [-0.4, -0.2) is 49.2 Å². The van der Waals surface area contributed by atoms with E-state index in [9.17, 15) is 4.79 Å². The van der Waals surface area contributed by atoms with E-state index >= 15 is 0 Å². The van der Waals surface area contributed by atoms with Crippen molar-refractivity contribution >= 4 is 11.9 Å². The summed E-state index contributed by atoms with van der Waals surface area (Å²) in [6, 6.07) is 12.4. The number of anilines is 1. The first-order valence-corrected chi connectivity index (χ1v) is 10.1. The molecule has 28 heavy (non-hydrogen) atoms. The highest BCUT2D eigenvalue weighted by atomic mass is 16.5. The van der Waals surface area contributed by atoms with E-state index in [0.29, 0.717) is 30.7 Å². The van der Waals surface area contributed by atoms with Crippen LogP contribution in [0.5, 0.6) is 0 Å². The number of carbonyl (C=O) groups excluding carboxylic acids is 1. The molecule has 1 saturated heterocycles. The number of nitrogens with one attached hydrogen (secondary N) is 1. The molecule has 1 amide bonds. The third-order valence-corrected chi connectivity index (χ3v) is 5.15. The molecule has 0 bridgehead atoms. The third kappa shape index (κ3) is 5.76. The molecule has 0 radical (unpaired) electrons. The number of methoxy groups -OCH3 is 1. The molecular formula is C22H30N4O2. The highest BCUT2D eigenvalue weighted by Gasteiger charge is 2.22. The molecule has 150 valence electrons. The predicted molar refractivity (Wildman–Crippen MR) is 111 cm³/mol. The van der Waals surface area contributed by atoms with Gasteiger partial charge in [0.15, 0.2) is 0 Å². The summed E-state index contributed by atoms with van der Waals surface area (Å²) in [6.45, 7) is 4.98. The SMILES string of the molecule is COCCCNC(=O)c1cc(C)nc(N2CCC(Cc3ccccc3)CC2)n1. The zero-order valence-corrected chi connectivity index (χ0v) is 16.9. The number of aromatic nitrogens is 2. The van der Waals surface area contributed by atoms with Crippen LogP contribution in [0.15, 0.2) is 36.4 Å². The monoisotopic (exact) mass is 382 g/mol. The molecule has 0 saturated carbocycles. The van der Waals surface area contributed by atoms with Gasteiger partial charge in [0.2, 0.25) is 5.95 Å². The lowest BCUT2D eigenvalue weighted by Crippen LogP contribution is -2.36. The molecule has 3 rings (SSSR count). The number of aryl methyl sites for hydroxylation is 1. The van der Waals surface area contributed by atoms with Crippen molar-refractivity contribution in [1.29, 1.82) is 0 Å². The van der Waals surface area contributed by atoms with Gasteiger partial charge in [0.05, 0.1) is 0 Å². The van der Waals surface area contributed by atoms with Crippen LogP contribution in [0.3, 0.4) is 0 Å². The first-order valence-electron chi connectivity index (χ1n) is 10.1. The molecule has 1 N–H and O–H groups in total. The quantitative estimate of drug-likeness (QED) is 0.711. The Morgan fingerprint density at radius 2 is 1.96 bits per heavy atom. The van der Waals surface area contributed by atoms with Crippen LogP contribution >= 0.6 is 0 Å². The van der Waals surface area contributed by atoms with Gasteiger partial charge in [-0.25, -0.2) is 9.97 Å². The highest BCUT2D eigenvalue weighted by molar-refractivity contribution is 5.92. The summed E-state index contributed by atoms with van der Waals surface area (Å²) in [5.74, 6) is 1.20. The Bertz CT molecular complexity index is 758. The number of rotatable bonds is 8. The van der Waals surface area contributed by atoms with Crippen LogP contribution in [0, 0.1) is 12.8 Å². The first kappa shape index (κ1) is 20.3. The molecule has 1 aromatic heterocycles. The van der Waals surface area contributed by atoms with Gasteiger partial charge in [-0.3, -0.25) is 4.79 Å². The van der Waals surface area contributed by atoms with E-state index in [2.05, 4.69) is 50.5 Å². The Balaban J connectivity index is 1.57. The lowest BCUT2D eigenvalue weighted by atomic mass is 9.90. The summed E-state index contributed by atoms with van der Waals surface area (Å²) in [7, 11) is 1.66. The van der Waals surface area contributed by atoms with Crippen molar-refractivity contribution in [2.24, 2.45) is 5.92 Å². The van der Waals surface area contributed by atoms with Crippen molar-refractivity contribution < 1.29 is 9.53 Å². The Morgan fingerprint density at radius 3 is 2.68 bits per heavy atom. The van der Waals surface area contributed by atoms with Gasteiger partial charge in [0.1, 0.15) is 5.69 Å². The van der Waals surface area contributed by atoms with Crippen LogP contribution in [0.1, 0.15) is 41.0 Å². The van der Waals surface area contributed by atoms with Crippen LogP contribution in [0.25, 0.3) is 0 Å². The topological polar surface area (TPSA) is 67.3 Å². The highest BCUT2D eigenvalue weighted by Crippen LogP contribution is 2.24. The van der Waals surface area contributed by atoms with E-state index in [0.717, 1.165) is 44.5 Å². The maximum atomic E-state index is 12.4. The van der Waals surface area contributed by atoms with E-state index in [1.807, 2.05) is 6.92 Å². The van der Waals surface area contributed by atoms with Gasteiger partial charge < -0.3 is 15.0 Å². The van der Waals surface area contributed by atoms with Crippen molar-refractivity contribution in [3.8, 4) is 0 Å². The zero-order valence-electron chi connectivity index (χ0n) is 16.9. The van der Waals surface area contributed by atoms with Gasteiger partial charge in [-0.2, -0.15) is 0 Å². The molecule has 0 aliphatic carbocycles. The summed E-state index contributed by atoms with van der Waals surface area (Å²) < 4.78 is 5.01. The van der Waals surface area contributed by atoms with Crippen LogP contribution in [-0.2, 0) is 11.2 Å². The van der Waals surface area contributed by atoms with Crippen molar-refractivity contribution in [2.75, 3.05) is 38.3 Å². The number of hydrogen-bond acceptors (Lipinski definition) is 5. The molecule has 1 aliphatic heterocycles. The second-order valence-electron chi connectivity index (χ2n) is 7.42. The molecule has 6 heteroatoms. The average molecular weight is 383 g/mol. The number of amides is 1. The molecule has 1 fully saturated rings. The standard InChI is InChI=1S/C22H30N4O2/c1-17-15-20(21(27)23-11-6-14-28-2)25-22(24-17)26-12-9-19(10-13-26)16-18-7-4-3-5-8-18/h3-5,7-8,15,19H,6,9-14,16H2,1-2H3,(H,23,27). The minimum atomic E-state index is -0.151. The van der Waals surface area contributed by atoms with Crippen molar-refractivity contribution in [2.45, 2.75) is 32.6 Å². The number of piperidine rings is 1. The Hall–Kier alpha value is -2.47. The number of benzene rings is 1. The van der Waals surface area contributed by atoms with Gasteiger partial charge in [-0.15, -0.1) is 0 Å². The molecule has 2 heterocycles. The maximum Gasteiger partial charge on any atom is 0.270 e. The van der Waals surface area contributed by atoms with E-state index in [-0.39, 0.29) is 5.91 Å². The van der Waals surface area contributed by atoms with Crippen LogP contribution in [0.2, 0.25) is 0 Å². The molecule has 2 aromatic rings. The molecule has 0 atom stereocenters. The normalized spacial score (nSPS) is 14.9. The van der Waals surface area contributed by atoms with E-state index in [4.69, 9.17) is 4.74 Å². The molecule has 0 spiro atoms. The van der Waals surface area contributed by atoms with E-state index in [1.165, 1.54) is 5.56 Å². The molecule has 1 aromatic carbocycles. The molecule has 6 nitrogen and oxygen atoms in total.